The molecule has 1 aliphatic heterocycles. The number of carbonyl (C=O) groups is 1. The zero-order valence-corrected chi connectivity index (χ0v) is 17.0. The normalized spacial score (nSPS) is 20.0. The Morgan fingerprint density at radius 2 is 1.50 bits per heavy atom. The van der Waals surface area contributed by atoms with Gasteiger partial charge in [-0.05, 0) is 57.9 Å². The lowest BCUT2D eigenvalue weighted by Crippen LogP contribution is -2.41. The van der Waals surface area contributed by atoms with E-state index in [0.717, 1.165) is 0 Å². The molecule has 1 fully saturated rings. The van der Waals surface area contributed by atoms with Crippen molar-refractivity contribution in [2.24, 2.45) is 5.41 Å². The zero-order chi connectivity index (χ0) is 19.9. The summed E-state index contributed by atoms with van der Waals surface area (Å²) in [6, 6.07) is 7.08. The summed E-state index contributed by atoms with van der Waals surface area (Å²) >= 11 is 0. The quantitative estimate of drug-likeness (QED) is 0.771. The third-order valence-electron chi connectivity index (χ3n) is 5.08. The van der Waals surface area contributed by atoms with E-state index in [2.05, 4.69) is 5.32 Å². The Morgan fingerprint density at radius 3 is 1.92 bits per heavy atom. The van der Waals surface area contributed by atoms with Crippen molar-refractivity contribution in [3.8, 4) is 0 Å². The van der Waals surface area contributed by atoms with Crippen LogP contribution in [0.1, 0.15) is 61.0 Å². The molecular formula is C20H29BFNO3. The van der Waals surface area contributed by atoms with Crippen LogP contribution in [0.3, 0.4) is 0 Å². The van der Waals surface area contributed by atoms with Gasteiger partial charge in [-0.15, -0.1) is 0 Å². The van der Waals surface area contributed by atoms with Crippen molar-refractivity contribution >= 4 is 24.3 Å². The predicted molar refractivity (Wildman–Crippen MR) is 104 cm³/mol. The Morgan fingerprint density at radius 1 is 1.04 bits per heavy atom. The summed E-state index contributed by atoms with van der Waals surface area (Å²) in [7, 11) is -1.01. The number of nitrogens with one attached hydrogen (secondary N) is 1. The van der Waals surface area contributed by atoms with Crippen LogP contribution in [0.5, 0.6) is 0 Å². The van der Waals surface area contributed by atoms with Gasteiger partial charge in [-0.2, -0.15) is 0 Å². The van der Waals surface area contributed by atoms with Gasteiger partial charge in [0.25, 0.3) is 0 Å². The molecule has 1 saturated heterocycles. The summed E-state index contributed by atoms with van der Waals surface area (Å²) in [6.45, 7) is 14.8. The molecule has 0 radical (unpaired) electrons. The Labute approximate surface area is 156 Å². The zero-order valence-electron chi connectivity index (χ0n) is 17.0. The van der Waals surface area contributed by atoms with Crippen molar-refractivity contribution in [3.63, 3.8) is 0 Å². The van der Waals surface area contributed by atoms with E-state index in [9.17, 15) is 9.18 Å². The third-order valence-corrected chi connectivity index (χ3v) is 5.08. The minimum Gasteiger partial charge on any atom is -0.398 e. The second-order valence-corrected chi connectivity index (χ2v) is 8.84. The number of halogens is 1. The molecule has 4 nitrogen and oxygen atoms in total. The van der Waals surface area contributed by atoms with E-state index in [1.54, 1.807) is 31.2 Å². The summed E-state index contributed by atoms with van der Waals surface area (Å²) in [4.78, 5) is 12.0. The number of carbonyl (C=O) groups excluding carboxylic acids is 1. The summed E-state index contributed by atoms with van der Waals surface area (Å²) < 4.78 is 26.4. The van der Waals surface area contributed by atoms with Crippen LogP contribution < -0.4 is 5.32 Å². The standard InChI is InChI=1S/C20H29BFNO3/c1-13(16(22)21-25-19(5,6)20(7,8)26-21)14-9-11-15(12-10-14)23-17(24)18(2,3)4/h9-12H,1-8H3,(H,23,24). The molecule has 0 spiro atoms. The first-order valence-electron chi connectivity index (χ1n) is 8.88. The molecule has 0 bridgehead atoms. The highest BCUT2D eigenvalue weighted by Gasteiger charge is 2.53. The predicted octanol–water partition coefficient (Wildman–Crippen LogP) is 5.00. The molecule has 1 N–H and O–H groups in total. The Bertz CT molecular complexity index is 702. The number of anilines is 1. The molecule has 0 saturated carbocycles. The molecule has 0 aromatic heterocycles. The van der Waals surface area contributed by atoms with Crippen LogP contribution in [0, 0.1) is 5.41 Å². The number of allylic oxidation sites excluding steroid dienone is 1. The lowest BCUT2D eigenvalue weighted by atomic mass is 9.83. The number of rotatable bonds is 3. The molecule has 2 rings (SSSR count). The largest absolute Gasteiger partial charge is 0.525 e. The fraction of sp³-hybridized carbons (Fsp3) is 0.550. The summed E-state index contributed by atoms with van der Waals surface area (Å²) in [5.41, 5.74) is -0.236. The van der Waals surface area contributed by atoms with Crippen molar-refractivity contribution in [3.05, 3.63) is 35.6 Å². The molecule has 1 amide bonds. The average Bonchev–Trinajstić information content (AvgIpc) is 2.74. The van der Waals surface area contributed by atoms with Gasteiger partial charge in [0, 0.05) is 11.1 Å². The molecule has 142 valence electrons. The van der Waals surface area contributed by atoms with E-state index in [4.69, 9.17) is 9.31 Å². The molecule has 0 atom stereocenters. The van der Waals surface area contributed by atoms with Gasteiger partial charge in [0.15, 0.2) is 0 Å². The molecule has 0 unspecified atom stereocenters. The van der Waals surface area contributed by atoms with E-state index in [0.29, 0.717) is 16.8 Å². The van der Waals surface area contributed by atoms with Crippen molar-refractivity contribution < 1.29 is 18.5 Å². The topological polar surface area (TPSA) is 47.6 Å². The average molecular weight is 361 g/mol. The number of hydrogen-bond acceptors (Lipinski definition) is 3. The Balaban J connectivity index is 2.18. The molecule has 1 aliphatic rings. The number of hydrogen-bond donors (Lipinski definition) is 1. The SMILES string of the molecule is CC(=C(F)B1OC(C)(C)C(C)(C)O1)c1ccc(NC(=O)C(C)(C)C)cc1. The number of benzene rings is 1. The molecule has 1 heterocycles. The fourth-order valence-corrected chi connectivity index (χ4v) is 2.38. The van der Waals surface area contributed by atoms with Gasteiger partial charge < -0.3 is 14.6 Å². The van der Waals surface area contributed by atoms with Gasteiger partial charge in [-0.25, -0.2) is 4.39 Å². The van der Waals surface area contributed by atoms with E-state index in [-0.39, 0.29) is 5.91 Å². The first-order chi connectivity index (χ1) is 11.7. The Hall–Kier alpha value is -1.66. The first kappa shape index (κ1) is 20.7. The lowest BCUT2D eigenvalue weighted by Gasteiger charge is -2.32. The molecule has 26 heavy (non-hydrogen) atoms. The van der Waals surface area contributed by atoms with E-state index in [1.165, 1.54) is 0 Å². The smallest absolute Gasteiger partial charge is 0.398 e. The van der Waals surface area contributed by atoms with Gasteiger partial charge in [-0.3, -0.25) is 4.79 Å². The molecule has 1 aromatic rings. The lowest BCUT2D eigenvalue weighted by molar-refractivity contribution is -0.123. The third kappa shape index (κ3) is 4.18. The van der Waals surface area contributed by atoms with Crippen molar-refractivity contribution in [1.29, 1.82) is 0 Å². The van der Waals surface area contributed by atoms with Crippen LogP contribution in [0.15, 0.2) is 30.0 Å². The Kier molecular flexibility index (Phi) is 5.42. The molecular weight excluding hydrogens is 332 g/mol. The minimum absolute atomic E-state index is 0.0686. The maximum atomic E-state index is 14.9. The van der Waals surface area contributed by atoms with Crippen molar-refractivity contribution in [2.75, 3.05) is 5.32 Å². The van der Waals surface area contributed by atoms with Crippen LogP contribution in [0.25, 0.3) is 5.57 Å². The van der Waals surface area contributed by atoms with E-state index in [1.807, 2.05) is 48.5 Å². The molecule has 0 aliphatic carbocycles. The highest BCUT2D eigenvalue weighted by atomic mass is 19.1. The van der Waals surface area contributed by atoms with Crippen LogP contribution in [-0.4, -0.2) is 24.2 Å². The van der Waals surface area contributed by atoms with Crippen LogP contribution in [-0.2, 0) is 14.1 Å². The van der Waals surface area contributed by atoms with E-state index < -0.39 is 29.5 Å². The summed E-state index contributed by atoms with van der Waals surface area (Å²) in [6.07, 6.45) is 0. The van der Waals surface area contributed by atoms with Gasteiger partial charge in [0.2, 0.25) is 5.91 Å². The van der Waals surface area contributed by atoms with Gasteiger partial charge in [0.05, 0.1) is 11.2 Å². The highest BCUT2D eigenvalue weighted by molar-refractivity contribution is 6.55. The highest BCUT2D eigenvalue weighted by Crippen LogP contribution is 2.40. The van der Waals surface area contributed by atoms with Crippen molar-refractivity contribution in [2.45, 2.75) is 66.6 Å². The van der Waals surface area contributed by atoms with Gasteiger partial charge in [-0.1, -0.05) is 32.9 Å². The van der Waals surface area contributed by atoms with Crippen LogP contribution in [0.2, 0.25) is 0 Å². The van der Waals surface area contributed by atoms with Gasteiger partial charge in [0.1, 0.15) is 5.73 Å². The molecule has 1 aromatic carbocycles. The van der Waals surface area contributed by atoms with Crippen molar-refractivity contribution in [1.82, 2.24) is 0 Å². The summed E-state index contributed by atoms with van der Waals surface area (Å²) in [5.74, 6) is -0.0686. The second kappa shape index (κ2) is 6.82. The fourth-order valence-electron chi connectivity index (χ4n) is 2.38. The second-order valence-electron chi connectivity index (χ2n) is 8.84. The first-order valence-corrected chi connectivity index (χ1v) is 8.88. The minimum atomic E-state index is -1.01. The monoisotopic (exact) mass is 361 g/mol. The van der Waals surface area contributed by atoms with Crippen LogP contribution in [0.4, 0.5) is 10.1 Å². The van der Waals surface area contributed by atoms with Crippen LogP contribution >= 0.6 is 0 Å². The number of amides is 1. The maximum absolute atomic E-state index is 14.9. The van der Waals surface area contributed by atoms with Gasteiger partial charge >= 0.3 is 7.12 Å². The summed E-state index contributed by atoms with van der Waals surface area (Å²) in [5, 5.41) is 2.86. The molecule has 6 heteroatoms. The van der Waals surface area contributed by atoms with E-state index >= 15 is 0 Å². The maximum Gasteiger partial charge on any atom is 0.525 e.